The van der Waals surface area contributed by atoms with E-state index in [0.29, 0.717) is 19.8 Å². The molecule has 1 rings (SSSR count). The van der Waals surface area contributed by atoms with Crippen molar-refractivity contribution in [1.29, 1.82) is 0 Å². The number of primary amides is 1. The molecule has 18 heavy (non-hydrogen) atoms. The second-order valence-corrected chi connectivity index (χ2v) is 3.90. The minimum atomic E-state index is -0.444. The number of hydrogen-bond donors (Lipinski definition) is 2. The van der Waals surface area contributed by atoms with E-state index in [1.165, 1.54) is 11.1 Å². The van der Waals surface area contributed by atoms with Crippen LogP contribution in [0.15, 0.2) is 24.3 Å². The molecule has 0 saturated heterocycles. The van der Waals surface area contributed by atoms with Gasteiger partial charge in [0.15, 0.2) is 0 Å². The number of benzene rings is 1. The van der Waals surface area contributed by atoms with Gasteiger partial charge < -0.3 is 20.5 Å². The minimum Gasteiger partial charge on any atom is -0.380 e. The molecule has 0 aliphatic carbocycles. The molecule has 3 N–H and O–H groups in total. The smallest absolute Gasteiger partial charge is 0.243 e. The Morgan fingerprint density at radius 2 is 2.06 bits per heavy atom. The maximum atomic E-state index is 10.4. The number of rotatable bonds is 9. The van der Waals surface area contributed by atoms with Gasteiger partial charge in [0.1, 0.15) is 6.61 Å². The van der Waals surface area contributed by atoms with E-state index >= 15 is 0 Å². The molecule has 1 aromatic rings. The van der Waals surface area contributed by atoms with E-state index in [-0.39, 0.29) is 6.61 Å². The topological polar surface area (TPSA) is 73.6 Å². The molecule has 1 amide bonds. The summed E-state index contributed by atoms with van der Waals surface area (Å²) < 4.78 is 10.2. The molecule has 0 heterocycles. The van der Waals surface area contributed by atoms with E-state index in [4.69, 9.17) is 15.2 Å². The van der Waals surface area contributed by atoms with Crippen molar-refractivity contribution in [3.8, 4) is 0 Å². The van der Waals surface area contributed by atoms with Crippen molar-refractivity contribution in [3.63, 3.8) is 0 Å². The molecule has 0 aromatic heterocycles. The van der Waals surface area contributed by atoms with Crippen LogP contribution in [0.1, 0.15) is 11.1 Å². The number of ether oxygens (including phenoxy) is 2. The normalized spacial score (nSPS) is 10.5. The molecule has 5 heteroatoms. The Bertz CT molecular complexity index is 369. The van der Waals surface area contributed by atoms with Crippen LogP contribution in [0.2, 0.25) is 0 Å². The van der Waals surface area contributed by atoms with Crippen molar-refractivity contribution in [2.24, 2.45) is 5.73 Å². The van der Waals surface area contributed by atoms with Crippen molar-refractivity contribution in [2.75, 3.05) is 26.9 Å². The summed E-state index contributed by atoms with van der Waals surface area (Å²) in [5.41, 5.74) is 7.33. The number of carbonyl (C=O) groups excluding carboxylic acids is 1. The highest BCUT2D eigenvalue weighted by atomic mass is 16.5. The Kier molecular flexibility index (Phi) is 7.01. The summed E-state index contributed by atoms with van der Waals surface area (Å²) in [6.07, 6.45) is 0. The second kappa shape index (κ2) is 8.63. The lowest BCUT2D eigenvalue weighted by atomic mass is 10.1. The predicted molar refractivity (Wildman–Crippen MR) is 68.9 cm³/mol. The highest BCUT2D eigenvalue weighted by Gasteiger charge is 2.00. The maximum Gasteiger partial charge on any atom is 0.243 e. The SMILES string of the molecule is COCc1ccccc1CNCCOCC(N)=O. The van der Waals surface area contributed by atoms with Gasteiger partial charge in [-0.05, 0) is 11.1 Å². The summed E-state index contributed by atoms with van der Waals surface area (Å²) in [6.45, 7) is 2.47. The van der Waals surface area contributed by atoms with Crippen LogP contribution in [0.3, 0.4) is 0 Å². The number of nitrogens with two attached hydrogens (primary N) is 1. The largest absolute Gasteiger partial charge is 0.380 e. The van der Waals surface area contributed by atoms with E-state index < -0.39 is 5.91 Å². The van der Waals surface area contributed by atoms with Gasteiger partial charge in [0.25, 0.3) is 0 Å². The molecule has 100 valence electrons. The molecule has 0 unspecified atom stereocenters. The van der Waals surface area contributed by atoms with Gasteiger partial charge in [0, 0.05) is 20.2 Å². The first-order valence-electron chi connectivity index (χ1n) is 5.86. The predicted octanol–water partition coefficient (Wildman–Crippen LogP) is 0.425. The fraction of sp³-hybridized carbons (Fsp3) is 0.462. The van der Waals surface area contributed by atoms with Crippen LogP contribution in [0.25, 0.3) is 0 Å². The minimum absolute atomic E-state index is 0.0259. The lowest BCUT2D eigenvalue weighted by Gasteiger charge is -2.10. The van der Waals surface area contributed by atoms with Crippen molar-refractivity contribution in [3.05, 3.63) is 35.4 Å². The number of hydrogen-bond acceptors (Lipinski definition) is 4. The highest BCUT2D eigenvalue weighted by Crippen LogP contribution is 2.09. The summed E-state index contributed by atoms with van der Waals surface area (Å²) in [7, 11) is 1.68. The van der Waals surface area contributed by atoms with Gasteiger partial charge in [0.05, 0.1) is 13.2 Å². The number of nitrogens with one attached hydrogen (secondary N) is 1. The van der Waals surface area contributed by atoms with Crippen LogP contribution >= 0.6 is 0 Å². The third-order valence-electron chi connectivity index (χ3n) is 2.40. The zero-order chi connectivity index (χ0) is 13.2. The van der Waals surface area contributed by atoms with Gasteiger partial charge >= 0.3 is 0 Å². The molecule has 0 bridgehead atoms. The van der Waals surface area contributed by atoms with E-state index in [0.717, 1.165) is 6.54 Å². The van der Waals surface area contributed by atoms with Crippen molar-refractivity contribution in [1.82, 2.24) is 5.32 Å². The molecule has 0 atom stereocenters. The summed E-state index contributed by atoms with van der Waals surface area (Å²) in [5.74, 6) is -0.444. The quantitative estimate of drug-likeness (QED) is 0.625. The average Bonchev–Trinajstić information content (AvgIpc) is 2.35. The fourth-order valence-electron chi connectivity index (χ4n) is 1.57. The zero-order valence-electron chi connectivity index (χ0n) is 10.6. The fourth-order valence-corrected chi connectivity index (χ4v) is 1.57. The van der Waals surface area contributed by atoms with Crippen LogP contribution < -0.4 is 11.1 Å². The molecule has 0 aliphatic rings. The third-order valence-corrected chi connectivity index (χ3v) is 2.40. The molecule has 0 saturated carbocycles. The van der Waals surface area contributed by atoms with Crippen LogP contribution in [-0.4, -0.2) is 32.8 Å². The van der Waals surface area contributed by atoms with Gasteiger partial charge in [-0.25, -0.2) is 0 Å². The van der Waals surface area contributed by atoms with Gasteiger partial charge in [-0.3, -0.25) is 4.79 Å². The van der Waals surface area contributed by atoms with Crippen LogP contribution in [0.4, 0.5) is 0 Å². The van der Waals surface area contributed by atoms with Crippen LogP contribution in [-0.2, 0) is 27.4 Å². The van der Waals surface area contributed by atoms with E-state index in [9.17, 15) is 4.79 Å². The number of methoxy groups -OCH3 is 1. The molecule has 1 aromatic carbocycles. The van der Waals surface area contributed by atoms with Gasteiger partial charge in [-0.1, -0.05) is 24.3 Å². The second-order valence-electron chi connectivity index (χ2n) is 3.90. The molecular weight excluding hydrogens is 232 g/mol. The molecule has 0 radical (unpaired) electrons. The Hall–Kier alpha value is -1.43. The third kappa shape index (κ3) is 5.77. The van der Waals surface area contributed by atoms with Gasteiger partial charge in [0.2, 0.25) is 5.91 Å². The molecule has 0 spiro atoms. The summed E-state index contributed by atoms with van der Waals surface area (Å²) in [5, 5.41) is 3.24. The molecule has 5 nitrogen and oxygen atoms in total. The van der Waals surface area contributed by atoms with Crippen molar-refractivity contribution in [2.45, 2.75) is 13.2 Å². The summed E-state index contributed by atoms with van der Waals surface area (Å²) in [4.78, 5) is 10.4. The van der Waals surface area contributed by atoms with Gasteiger partial charge in [-0.15, -0.1) is 0 Å². The van der Waals surface area contributed by atoms with E-state index in [1.807, 2.05) is 18.2 Å². The maximum absolute atomic E-state index is 10.4. The van der Waals surface area contributed by atoms with Crippen LogP contribution in [0.5, 0.6) is 0 Å². The van der Waals surface area contributed by atoms with E-state index in [2.05, 4.69) is 11.4 Å². The Balaban J connectivity index is 2.24. The lowest BCUT2D eigenvalue weighted by molar-refractivity contribution is -0.122. The van der Waals surface area contributed by atoms with E-state index in [1.54, 1.807) is 7.11 Å². The first-order valence-corrected chi connectivity index (χ1v) is 5.86. The van der Waals surface area contributed by atoms with Crippen molar-refractivity contribution < 1.29 is 14.3 Å². The highest BCUT2D eigenvalue weighted by molar-refractivity contribution is 5.74. The Morgan fingerprint density at radius 3 is 2.72 bits per heavy atom. The molecule has 0 aliphatic heterocycles. The van der Waals surface area contributed by atoms with Gasteiger partial charge in [-0.2, -0.15) is 0 Å². The lowest BCUT2D eigenvalue weighted by Crippen LogP contribution is -2.24. The first kappa shape index (κ1) is 14.6. The average molecular weight is 252 g/mol. The first-order chi connectivity index (χ1) is 8.74. The summed E-state index contributed by atoms with van der Waals surface area (Å²) >= 11 is 0. The Morgan fingerprint density at radius 1 is 1.33 bits per heavy atom. The monoisotopic (exact) mass is 252 g/mol. The van der Waals surface area contributed by atoms with Crippen LogP contribution in [0, 0.1) is 0 Å². The Labute approximate surface area is 107 Å². The molecule has 0 fully saturated rings. The number of carbonyl (C=O) groups is 1. The summed E-state index contributed by atoms with van der Waals surface area (Å²) in [6, 6.07) is 8.10. The van der Waals surface area contributed by atoms with Crippen molar-refractivity contribution >= 4 is 5.91 Å². The molecular formula is C13H20N2O3. The number of amides is 1. The zero-order valence-corrected chi connectivity index (χ0v) is 10.6. The standard InChI is InChI=1S/C13H20N2O3/c1-17-9-12-5-3-2-4-11(12)8-15-6-7-18-10-13(14)16/h2-5,15H,6-10H2,1H3,(H2,14,16).